The maximum atomic E-state index is 12.7. The average Bonchev–Trinajstić information content (AvgIpc) is 2.72. The maximum Gasteiger partial charge on any atom is 0.253 e. The second-order valence-electron chi connectivity index (χ2n) is 7.24. The summed E-state index contributed by atoms with van der Waals surface area (Å²) in [6, 6.07) is 18.0. The number of fused-ring (bicyclic) bond motifs is 1. The van der Waals surface area contributed by atoms with Crippen LogP contribution in [0.3, 0.4) is 0 Å². The molecule has 0 fully saturated rings. The van der Waals surface area contributed by atoms with Crippen LogP contribution >= 0.6 is 12.2 Å². The van der Waals surface area contributed by atoms with Gasteiger partial charge in [-0.1, -0.05) is 48.5 Å². The number of aliphatic hydroxyl groups excluding tert-OH is 1. The first-order chi connectivity index (χ1) is 14.0. The van der Waals surface area contributed by atoms with Gasteiger partial charge in [-0.05, 0) is 55.1 Å². The molecule has 6 heteroatoms. The molecule has 2 aromatic carbocycles. The molecule has 5 nitrogen and oxygen atoms in total. The van der Waals surface area contributed by atoms with Crippen molar-refractivity contribution in [2.75, 3.05) is 13.2 Å². The van der Waals surface area contributed by atoms with Gasteiger partial charge in [0.15, 0.2) is 5.11 Å². The second-order valence-corrected chi connectivity index (χ2v) is 7.63. The molecule has 1 unspecified atom stereocenters. The normalized spacial score (nSPS) is 12.0. The van der Waals surface area contributed by atoms with Gasteiger partial charge in [0.1, 0.15) is 0 Å². The molecule has 0 aliphatic rings. The maximum absolute atomic E-state index is 12.7. The summed E-state index contributed by atoms with van der Waals surface area (Å²) >= 11 is 5.65. The van der Waals surface area contributed by atoms with Gasteiger partial charge in [-0.15, -0.1) is 0 Å². The van der Waals surface area contributed by atoms with Gasteiger partial charge in [0, 0.05) is 18.7 Å². The third kappa shape index (κ3) is 5.22. The van der Waals surface area contributed by atoms with Crippen LogP contribution in [0.2, 0.25) is 0 Å². The van der Waals surface area contributed by atoms with Gasteiger partial charge in [0.25, 0.3) is 5.56 Å². The summed E-state index contributed by atoms with van der Waals surface area (Å²) in [5.41, 5.74) is 3.58. The van der Waals surface area contributed by atoms with E-state index in [1.165, 1.54) is 0 Å². The van der Waals surface area contributed by atoms with Crippen LogP contribution in [0.15, 0.2) is 59.4 Å². The first-order valence-corrected chi connectivity index (χ1v) is 10.2. The van der Waals surface area contributed by atoms with Crippen LogP contribution < -0.4 is 10.9 Å². The summed E-state index contributed by atoms with van der Waals surface area (Å²) in [6.07, 6.45) is 0.576. The van der Waals surface area contributed by atoms with Gasteiger partial charge in [0.2, 0.25) is 0 Å². The zero-order valence-corrected chi connectivity index (χ0v) is 17.6. The van der Waals surface area contributed by atoms with E-state index in [9.17, 15) is 9.90 Å². The highest BCUT2D eigenvalue weighted by Crippen LogP contribution is 2.17. The van der Waals surface area contributed by atoms with Crippen LogP contribution in [-0.4, -0.2) is 33.3 Å². The van der Waals surface area contributed by atoms with E-state index in [1.54, 1.807) is 0 Å². The van der Waals surface area contributed by atoms with Crippen LogP contribution in [0.4, 0.5) is 0 Å². The van der Waals surface area contributed by atoms with Crippen LogP contribution in [0.25, 0.3) is 10.9 Å². The van der Waals surface area contributed by atoms with Crippen molar-refractivity contribution in [3.8, 4) is 0 Å². The quantitative estimate of drug-likeness (QED) is 0.520. The third-order valence-electron chi connectivity index (χ3n) is 5.04. The molecule has 0 aliphatic heterocycles. The monoisotopic (exact) mass is 409 g/mol. The van der Waals surface area contributed by atoms with Crippen molar-refractivity contribution in [2.24, 2.45) is 0 Å². The smallest absolute Gasteiger partial charge is 0.253 e. The van der Waals surface area contributed by atoms with Gasteiger partial charge in [-0.3, -0.25) is 4.79 Å². The Hall–Kier alpha value is -2.70. The Morgan fingerprint density at radius 2 is 1.97 bits per heavy atom. The number of nitrogens with zero attached hydrogens (tertiary/aromatic N) is 1. The molecule has 0 spiro atoms. The molecule has 3 rings (SSSR count). The Bertz CT molecular complexity index is 1030. The minimum absolute atomic E-state index is 0.0397. The molecule has 0 aliphatic carbocycles. The number of hydrogen-bond donors (Lipinski definition) is 3. The van der Waals surface area contributed by atoms with Crippen molar-refractivity contribution in [3.63, 3.8) is 0 Å². The molecule has 152 valence electrons. The number of nitrogens with one attached hydrogen (secondary N) is 2. The largest absolute Gasteiger partial charge is 0.396 e. The van der Waals surface area contributed by atoms with E-state index in [1.807, 2.05) is 54.3 Å². The number of hydrogen-bond acceptors (Lipinski definition) is 3. The summed E-state index contributed by atoms with van der Waals surface area (Å²) < 4.78 is 0. The van der Waals surface area contributed by atoms with Gasteiger partial charge in [-0.2, -0.15) is 0 Å². The third-order valence-corrected chi connectivity index (χ3v) is 5.42. The molecule has 0 saturated carbocycles. The predicted molar refractivity (Wildman–Crippen MR) is 122 cm³/mol. The van der Waals surface area contributed by atoms with E-state index >= 15 is 0 Å². The molecule has 29 heavy (non-hydrogen) atoms. The molecular formula is C23H27N3O2S. The SMILES string of the molecule is Cc1cccc2cc(CN(CCCO)C(=S)NC(C)c3ccccc3)c(=O)[nH]c12. The van der Waals surface area contributed by atoms with Gasteiger partial charge >= 0.3 is 0 Å². The lowest BCUT2D eigenvalue weighted by atomic mass is 10.1. The molecule has 1 aromatic heterocycles. The highest BCUT2D eigenvalue weighted by molar-refractivity contribution is 7.80. The fraction of sp³-hybridized carbons (Fsp3) is 0.304. The number of para-hydroxylation sites is 1. The van der Waals surface area contributed by atoms with E-state index in [-0.39, 0.29) is 18.2 Å². The molecular weight excluding hydrogens is 382 g/mol. The highest BCUT2D eigenvalue weighted by atomic mass is 32.1. The summed E-state index contributed by atoms with van der Waals surface area (Å²) in [7, 11) is 0. The Labute approximate surface area is 176 Å². The molecule has 0 amide bonds. The fourth-order valence-electron chi connectivity index (χ4n) is 3.37. The van der Waals surface area contributed by atoms with Gasteiger partial charge < -0.3 is 20.3 Å². The number of rotatable bonds is 7. The van der Waals surface area contributed by atoms with Crippen LogP contribution in [0.1, 0.15) is 36.1 Å². The summed E-state index contributed by atoms with van der Waals surface area (Å²) in [5.74, 6) is 0. The highest BCUT2D eigenvalue weighted by Gasteiger charge is 2.16. The van der Waals surface area contributed by atoms with Crippen molar-refractivity contribution in [1.82, 2.24) is 15.2 Å². The van der Waals surface area contributed by atoms with Crippen molar-refractivity contribution in [1.29, 1.82) is 0 Å². The predicted octanol–water partition coefficient (Wildman–Crippen LogP) is 3.66. The van der Waals surface area contributed by atoms with E-state index in [2.05, 4.69) is 29.4 Å². The minimum Gasteiger partial charge on any atom is -0.396 e. The van der Waals surface area contributed by atoms with Crippen LogP contribution in [0, 0.1) is 6.92 Å². The number of pyridine rings is 1. The number of aromatic nitrogens is 1. The Morgan fingerprint density at radius 1 is 1.21 bits per heavy atom. The number of aliphatic hydroxyl groups is 1. The molecule has 3 aromatic rings. The van der Waals surface area contributed by atoms with Gasteiger partial charge in [-0.25, -0.2) is 0 Å². The lowest BCUT2D eigenvalue weighted by Crippen LogP contribution is -2.42. The molecule has 0 saturated heterocycles. The standard InChI is InChI=1S/C23H27N3O2S/c1-16-8-6-11-19-14-20(22(28)25-21(16)19)15-26(12-7-13-27)23(29)24-17(2)18-9-4-3-5-10-18/h3-6,8-11,14,17,27H,7,12-13,15H2,1-2H3,(H,24,29)(H,25,28). The Kier molecular flexibility index (Phi) is 7.01. The van der Waals surface area contributed by atoms with Crippen LogP contribution in [0.5, 0.6) is 0 Å². The lowest BCUT2D eigenvalue weighted by Gasteiger charge is -2.28. The zero-order valence-electron chi connectivity index (χ0n) is 16.8. The van der Waals surface area contributed by atoms with Gasteiger partial charge in [0.05, 0.1) is 18.1 Å². The zero-order chi connectivity index (χ0) is 20.8. The summed E-state index contributed by atoms with van der Waals surface area (Å²) in [6.45, 7) is 5.05. The molecule has 1 atom stereocenters. The summed E-state index contributed by atoms with van der Waals surface area (Å²) in [4.78, 5) is 17.6. The summed E-state index contributed by atoms with van der Waals surface area (Å²) in [5, 5.41) is 14.2. The average molecular weight is 410 g/mol. The number of aromatic amines is 1. The second kappa shape index (κ2) is 9.67. The van der Waals surface area contributed by atoms with E-state index in [0.717, 1.165) is 22.0 Å². The minimum atomic E-state index is -0.111. The molecule has 0 radical (unpaired) electrons. The van der Waals surface area contributed by atoms with Crippen molar-refractivity contribution < 1.29 is 5.11 Å². The fourth-order valence-corrected chi connectivity index (χ4v) is 3.70. The van der Waals surface area contributed by atoms with E-state index < -0.39 is 0 Å². The van der Waals surface area contributed by atoms with E-state index in [0.29, 0.717) is 30.2 Å². The van der Waals surface area contributed by atoms with Crippen molar-refractivity contribution in [3.05, 3.63) is 81.6 Å². The number of thiocarbonyl (C=S) groups is 1. The topological polar surface area (TPSA) is 68.4 Å². The lowest BCUT2D eigenvalue weighted by molar-refractivity contribution is 0.263. The first kappa shape index (κ1) is 21.0. The Morgan fingerprint density at radius 3 is 2.69 bits per heavy atom. The molecule has 3 N–H and O–H groups in total. The Balaban J connectivity index is 1.81. The van der Waals surface area contributed by atoms with E-state index in [4.69, 9.17) is 12.2 Å². The number of H-pyrrole nitrogens is 1. The molecule has 0 bridgehead atoms. The van der Waals surface area contributed by atoms with Crippen LogP contribution in [-0.2, 0) is 6.54 Å². The number of benzene rings is 2. The molecule has 1 heterocycles. The van der Waals surface area contributed by atoms with Crippen molar-refractivity contribution in [2.45, 2.75) is 32.9 Å². The van der Waals surface area contributed by atoms with Crippen molar-refractivity contribution >= 4 is 28.2 Å². The first-order valence-electron chi connectivity index (χ1n) is 9.82. The number of aryl methyl sites for hydroxylation is 1.